The van der Waals surface area contributed by atoms with Crippen LogP contribution in [0, 0.1) is 0 Å². The van der Waals surface area contributed by atoms with Crippen LogP contribution < -0.4 is 0 Å². The summed E-state index contributed by atoms with van der Waals surface area (Å²) in [4.78, 5) is 0. The summed E-state index contributed by atoms with van der Waals surface area (Å²) in [6.45, 7) is 0. The molecule has 0 aromatic heterocycles. The maximum Gasteiger partial charge on any atom is -0.000719 e. The Morgan fingerprint density at radius 2 is 0.648 bits per heavy atom. The second-order valence-corrected chi connectivity index (χ2v) is 14.7. The Morgan fingerprint density at radius 3 is 1.37 bits per heavy atom. The second-order valence-electron chi connectivity index (χ2n) is 14.7. The van der Waals surface area contributed by atoms with Crippen molar-refractivity contribution in [3.05, 3.63) is 194 Å². The number of benzene rings is 10. The smallest absolute Gasteiger partial charge is 0.000719 e. The predicted octanol–water partition coefficient (Wildman–Crippen LogP) is 15.3. The highest BCUT2D eigenvalue weighted by Crippen LogP contribution is 2.55. The van der Waals surface area contributed by atoms with E-state index in [1.165, 1.54) is 120 Å². The largest absolute Gasteiger partial charge is 0.0622 e. The third kappa shape index (κ3) is 4.03. The van der Waals surface area contributed by atoms with Crippen molar-refractivity contribution in [2.45, 2.75) is 0 Å². The van der Waals surface area contributed by atoms with Crippen molar-refractivity contribution in [1.29, 1.82) is 0 Å². The molecule has 0 fully saturated rings. The van der Waals surface area contributed by atoms with Gasteiger partial charge in [-0.2, -0.15) is 0 Å². The highest BCUT2D eigenvalue weighted by atomic mass is 14.3. The van der Waals surface area contributed by atoms with E-state index in [9.17, 15) is 0 Å². The molecule has 0 unspecified atom stereocenters. The molecule has 0 heteroatoms. The number of hydrogen-bond acceptors (Lipinski definition) is 0. The minimum atomic E-state index is 1.23. The van der Waals surface area contributed by atoms with E-state index in [-0.39, 0.29) is 0 Å². The van der Waals surface area contributed by atoms with Crippen LogP contribution in [0.5, 0.6) is 0 Å². The molecule has 0 atom stereocenters. The minimum absolute atomic E-state index is 1.23. The van der Waals surface area contributed by atoms with Crippen LogP contribution in [0.1, 0.15) is 0 Å². The van der Waals surface area contributed by atoms with Crippen molar-refractivity contribution in [2.24, 2.45) is 0 Å². The molecule has 0 nitrogen and oxygen atoms in total. The number of rotatable bonds is 4. The molecule has 0 spiro atoms. The molecular formula is C54H32. The zero-order valence-corrected chi connectivity index (χ0v) is 29.5. The van der Waals surface area contributed by atoms with Crippen LogP contribution >= 0.6 is 0 Å². The average molecular weight is 681 g/mol. The molecule has 0 aliphatic rings. The SMILES string of the molecule is c1ccc(-c2cccc(-c3ccc4c5c(-c6ccccc6)c6c(cc7c8ccccc8c8cccc6c87)c(-c6ccccc6)c5c5cccc3c54)c2)cc1. The van der Waals surface area contributed by atoms with Crippen molar-refractivity contribution in [1.82, 2.24) is 0 Å². The maximum absolute atomic E-state index is 2.52. The van der Waals surface area contributed by atoms with E-state index in [1.54, 1.807) is 0 Å². The first-order valence-corrected chi connectivity index (χ1v) is 18.9. The normalized spacial score (nSPS) is 12.1. The van der Waals surface area contributed by atoms with Gasteiger partial charge >= 0.3 is 0 Å². The van der Waals surface area contributed by atoms with E-state index in [1.807, 2.05) is 0 Å². The zero-order chi connectivity index (χ0) is 35.3. The van der Waals surface area contributed by atoms with Gasteiger partial charge in [0, 0.05) is 0 Å². The van der Waals surface area contributed by atoms with Crippen LogP contribution in [0.25, 0.3) is 120 Å². The highest BCUT2D eigenvalue weighted by molar-refractivity contribution is 6.45. The van der Waals surface area contributed by atoms with Crippen LogP contribution in [-0.4, -0.2) is 0 Å². The van der Waals surface area contributed by atoms with Crippen molar-refractivity contribution in [3.8, 4) is 44.5 Å². The van der Waals surface area contributed by atoms with E-state index in [4.69, 9.17) is 0 Å². The molecule has 0 saturated carbocycles. The quantitative estimate of drug-likeness (QED) is 0.162. The van der Waals surface area contributed by atoms with Crippen LogP contribution in [0.15, 0.2) is 194 Å². The summed E-state index contributed by atoms with van der Waals surface area (Å²) in [6, 6.07) is 72.1. The summed E-state index contributed by atoms with van der Waals surface area (Å²) in [6.07, 6.45) is 0. The molecule has 0 radical (unpaired) electrons. The van der Waals surface area contributed by atoms with Gasteiger partial charge in [-0.1, -0.05) is 182 Å². The Hall–Kier alpha value is -7.02. The van der Waals surface area contributed by atoms with Crippen molar-refractivity contribution < 1.29 is 0 Å². The highest BCUT2D eigenvalue weighted by Gasteiger charge is 2.26. The Bertz CT molecular complexity index is 3390. The van der Waals surface area contributed by atoms with Crippen LogP contribution in [0.4, 0.5) is 0 Å². The fourth-order valence-electron chi connectivity index (χ4n) is 9.76. The molecule has 0 N–H and O–H groups in total. The fraction of sp³-hybridized carbons (Fsp3) is 0. The summed E-state index contributed by atoms with van der Waals surface area (Å²) >= 11 is 0. The van der Waals surface area contributed by atoms with Gasteiger partial charge in [0.25, 0.3) is 0 Å². The van der Waals surface area contributed by atoms with Gasteiger partial charge in [0.1, 0.15) is 0 Å². The lowest BCUT2D eigenvalue weighted by molar-refractivity contribution is 1.61. The first kappa shape index (κ1) is 29.5. The van der Waals surface area contributed by atoms with Crippen LogP contribution in [-0.2, 0) is 0 Å². The maximum atomic E-state index is 2.52. The lowest BCUT2D eigenvalue weighted by Gasteiger charge is -2.19. The Kier molecular flexibility index (Phi) is 6.15. The molecule has 12 rings (SSSR count). The van der Waals surface area contributed by atoms with Gasteiger partial charge in [-0.05, 0) is 132 Å². The molecule has 0 heterocycles. The van der Waals surface area contributed by atoms with Crippen LogP contribution in [0.2, 0.25) is 0 Å². The molecule has 0 saturated heterocycles. The number of hydrogen-bond donors (Lipinski definition) is 0. The van der Waals surface area contributed by atoms with E-state index in [0.717, 1.165) is 0 Å². The fourth-order valence-corrected chi connectivity index (χ4v) is 9.76. The Labute approximate surface area is 312 Å². The van der Waals surface area contributed by atoms with Gasteiger partial charge in [0.15, 0.2) is 0 Å². The van der Waals surface area contributed by atoms with Gasteiger partial charge < -0.3 is 0 Å². The summed E-state index contributed by atoms with van der Waals surface area (Å²) in [5, 5.41) is 18.5. The topological polar surface area (TPSA) is 0 Å². The molecule has 0 aliphatic carbocycles. The first-order valence-electron chi connectivity index (χ1n) is 18.9. The lowest BCUT2D eigenvalue weighted by Crippen LogP contribution is -1.91. The summed E-state index contributed by atoms with van der Waals surface area (Å²) in [7, 11) is 0. The molecular weight excluding hydrogens is 649 g/mol. The van der Waals surface area contributed by atoms with Gasteiger partial charge in [0.05, 0.1) is 0 Å². The van der Waals surface area contributed by atoms with Gasteiger partial charge in [-0.3, -0.25) is 0 Å². The average Bonchev–Trinajstić information content (AvgIpc) is 3.75. The first-order chi connectivity index (χ1) is 26.8. The standard InChI is InChI=1S/C54H32/c1-4-15-33(16-5-1)36-21-12-22-37(31-36)38-29-30-45-50-41(38)25-13-28-44(50)53-48(34-17-6-2-7-18-34)47-32-46-40-24-11-10-23-39(40)42-26-14-27-43(51(42)46)52(47)49(54(45)53)35-19-8-3-9-20-35/h1-32H. The van der Waals surface area contributed by atoms with Gasteiger partial charge in [-0.15, -0.1) is 0 Å². The molecule has 0 bridgehead atoms. The molecule has 0 amide bonds. The molecule has 12 aromatic carbocycles. The lowest BCUT2D eigenvalue weighted by atomic mass is 9.84. The van der Waals surface area contributed by atoms with E-state index < -0.39 is 0 Å². The summed E-state index contributed by atoms with van der Waals surface area (Å²) in [5.74, 6) is 0. The molecule has 12 aromatic rings. The molecule has 0 aliphatic heterocycles. The van der Waals surface area contributed by atoms with Crippen molar-refractivity contribution in [2.75, 3.05) is 0 Å². The van der Waals surface area contributed by atoms with Gasteiger partial charge in [-0.25, -0.2) is 0 Å². The van der Waals surface area contributed by atoms with E-state index in [2.05, 4.69) is 194 Å². The second kappa shape index (κ2) is 11.2. The van der Waals surface area contributed by atoms with Crippen molar-refractivity contribution >= 4 is 75.4 Å². The summed E-state index contributed by atoms with van der Waals surface area (Å²) < 4.78 is 0. The van der Waals surface area contributed by atoms with E-state index in [0.29, 0.717) is 0 Å². The Balaban J connectivity index is 1.31. The molecule has 248 valence electrons. The minimum Gasteiger partial charge on any atom is -0.0622 e. The Morgan fingerprint density at radius 1 is 0.185 bits per heavy atom. The van der Waals surface area contributed by atoms with Crippen molar-refractivity contribution in [3.63, 3.8) is 0 Å². The number of fused-ring (bicyclic) bond motifs is 8. The monoisotopic (exact) mass is 680 g/mol. The van der Waals surface area contributed by atoms with Gasteiger partial charge in [0.2, 0.25) is 0 Å². The predicted molar refractivity (Wildman–Crippen MR) is 233 cm³/mol. The van der Waals surface area contributed by atoms with E-state index >= 15 is 0 Å². The summed E-state index contributed by atoms with van der Waals surface area (Å²) in [5.41, 5.74) is 10.1. The third-order valence-corrected chi connectivity index (χ3v) is 11.9. The van der Waals surface area contributed by atoms with Crippen LogP contribution in [0.3, 0.4) is 0 Å². The zero-order valence-electron chi connectivity index (χ0n) is 29.5. The third-order valence-electron chi connectivity index (χ3n) is 11.9. The molecule has 54 heavy (non-hydrogen) atoms.